The van der Waals surface area contributed by atoms with Gasteiger partial charge in [-0.2, -0.15) is 4.31 Å². The maximum Gasteiger partial charge on any atom is 0.322 e. The van der Waals surface area contributed by atoms with Crippen molar-refractivity contribution in [1.29, 1.82) is 0 Å². The molecule has 1 amide bonds. The highest BCUT2D eigenvalue weighted by Gasteiger charge is 2.36. The molecule has 0 radical (unpaired) electrons. The van der Waals surface area contributed by atoms with E-state index in [9.17, 15) is 23.1 Å². The number of nitrogens with two attached hydrogens (primary N) is 1. The maximum atomic E-state index is 13.3. The quantitative estimate of drug-likeness (QED) is 0.248. The minimum atomic E-state index is -4.04. The summed E-state index contributed by atoms with van der Waals surface area (Å²) < 4.78 is 38.3. The molecule has 202 valence electrons. The van der Waals surface area contributed by atoms with Gasteiger partial charge in [-0.25, -0.2) is 8.42 Å². The second-order valence-corrected chi connectivity index (χ2v) is 11.3. The number of nitrogen functional groups attached to an aromatic ring is 1. The first-order valence-electron chi connectivity index (χ1n) is 12.3. The molecule has 4 N–H and O–H groups in total. The zero-order valence-electron chi connectivity index (χ0n) is 21.2. The zero-order valence-corrected chi connectivity index (χ0v) is 22.0. The Morgan fingerprint density at radius 1 is 1.08 bits per heavy atom. The molecule has 0 saturated heterocycles. The number of aryl methyl sites for hydroxylation is 1. The SMILES string of the molecule is CC(C)CN([C@@H](CCCCNC(=O)CCc1ccc2c(c1)OCO2)C(=O)O)S(=O)(=O)c1ccc(N)cc1. The van der Waals surface area contributed by atoms with E-state index in [1.807, 2.05) is 32.0 Å². The van der Waals surface area contributed by atoms with Crippen molar-refractivity contribution in [3.05, 3.63) is 48.0 Å². The molecular formula is C26H35N3O7S. The van der Waals surface area contributed by atoms with Gasteiger partial charge in [0, 0.05) is 25.2 Å². The van der Waals surface area contributed by atoms with Gasteiger partial charge < -0.3 is 25.6 Å². The Hall–Kier alpha value is -3.31. The minimum absolute atomic E-state index is 0.00308. The molecule has 0 aliphatic carbocycles. The number of benzene rings is 2. The van der Waals surface area contributed by atoms with Crippen molar-refractivity contribution in [2.45, 2.75) is 56.9 Å². The number of nitrogens with one attached hydrogen (secondary N) is 1. The number of carboxylic acids is 1. The first kappa shape index (κ1) is 28.3. The number of carboxylic acid groups (broad SMARTS) is 1. The van der Waals surface area contributed by atoms with Crippen LogP contribution in [0.3, 0.4) is 0 Å². The van der Waals surface area contributed by atoms with Crippen LogP contribution in [-0.2, 0) is 26.0 Å². The molecule has 2 aromatic rings. The van der Waals surface area contributed by atoms with Crippen LogP contribution >= 0.6 is 0 Å². The number of ether oxygens (including phenoxy) is 2. The Bertz CT molecular complexity index is 1180. The molecule has 1 atom stereocenters. The fourth-order valence-corrected chi connectivity index (χ4v) is 5.83. The number of aliphatic carboxylic acids is 1. The number of anilines is 1. The van der Waals surface area contributed by atoms with Crippen LogP contribution in [0.5, 0.6) is 11.5 Å². The van der Waals surface area contributed by atoms with E-state index in [-0.39, 0.29) is 36.5 Å². The smallest absolute Gasteiger partial charge is 0.322 e. The van der Waals surface area contributed by atoms with Crippen LogP contribution in [0.1, 0.15) is 45.1 Å². The molecule has 2 aromatic carbocycles. The third-order valence-electron chi connectivity index (χ3n) is 5.97. The highest BCUT2D eigenvalue weighted by atomic mass is 32.2. The molecule has 10 nitrogen and oxygen atoms in total. The molecule has 0 aromatic heterocycles. The van der Waals surface area contributed by atoms with Gasteiger partial charge in [-0.15, -0.1) is 0 Å². The third kappa shape index (κ3) is 7.83. The predicted molar refractivity (Wildman–Crippen MR) is 139 cm³/mol. The summed E-state index contributed by atoms with van der Waals surface area (Å²) in [5.74, 6) is -0.0152. The number of amides is 1. The van der Waals surface area contributed by atoms with Gasteiger partial charge in [0.05, 0.1) is 4.90 Å². The van der Waals surface area contributed by atoms with E-state index in [1.54, 1.807) is 0 Å². The molecule has 1 heterocycles. The summed E-state index contributed by atoms with van der Waals surface area (Å²) >= 11 is 0. The second kappa shape index (κ2) is 12.8. The number of unbranched alkanes of at least 4 members (excludes halogenated alkanes) is 1. The molecule has 37 heavy (non-hydrogen) atoms. The van der Waals surface area contributed by atoms with E-state index in [4.69, 9.17) is 15.2 Å². The maximum absolute atomic E-state index is 13.3. The number of nitrogens with zero attached hydrogens (tertiary/aromatic N) is 1. The molecule has 11 heteroatoms. The molecule has 1 aliphatic heterocycles. The van der Waals surface area contributed by atoms with Crippen LogP contribution < -0.4 is 20.5 Å². The van der Waals surface area contributed by atoms with Crippen molar-refractivity contribution in [2.75, 3.05) is 25.6 Å². The Labute approximate surface area is 217 Å². The van der Waals surface area contributed by atoms with Gasteiger partial charge >= 0.3 is 5.97 Å². The lowest BCUT2D eigenvalue weighted by atomic mass is 10.1. The van der Waals surface area contributed by atoms with Gasteiger partial charge in [-0.3, -0.25) is 9.59 Å². The van der Waals surface area contributed by atoms with Crippen molar-refractivity contribution in [3.8, 4) is 11.5 Å². The lowest BCUT2D eigenvalue weighted by Gasteiger charge is -2.29. The number of carbonyl (C=O) groups is 2. The van der Waals surface area contributed by atoms with Gasteiger partial charge in [-0.05, 0) is 73.6 Å². The first-order valence-corrected chi connectivity index (χ1v) is 13.8. The summed E-state index contributed by atoms with van der Waals surface area (Å²) in [6.07, 6.45) is 1.95. The summed E-state index contributed by atoms with van der Waals surface area (Å²) in [4.78, 5) is 24.3. The molecule has 0 bridgehead atoms. The second-order valence-electron chi connectivity index (χ2n) is 9.42. The molecular weight excluding hydrogens is 498 g/mol. The molecule has 0 fully saturated rings. The number of sulfonamides is 1. The third-order valence-corrected chi connectivity index (χ3v) is 7.86. The Morgan fingerprint density at radius 2 is 1.78 bits per heavy atom. The van der Waals surface area contributed by atoms with Crippen LogP contribution in [0, 0.1) is 5.92 Å². The zero-order chi connectivity index (χ0) is 27.0. The molecule has 0 unspecified atom stereocenters. The predicted octanol–water partition coefficient (Wildman–Crippen LogP) is 3.02. The largest absolute Gasteiger partial charge is 0.480 e. The lowest BCUT2D eigenvalue weighted by molar-refractivity contribution is -0.142. The Balaban J connectivity index is 1.50. The number of rotatable bonds is 14. The van der Waals surface area contributed by atoms with E-state index < -0.39 is 22.0 Å². The van der Waals surface area contributed by atoms with Crippen molar-refractivity contribution in [3.63, 3.8) is 0 Å². The normalized spacial score (nSPS) is 13.6. The van der Waals surface area contributed by atoms with Crippen molar-refractivity contribution < 1.29 is 32.6 Å². The van der Waals surface area contributed by atoms with Crippen molar-refractivity contribution in [2.24, 2.45) is 5.92 Å². The number of fused-ring (bicyclic) bond motifs is 1. The summed E-state index contributed by atoms with van der Waals surface area (Å²) in [5.41, 5.74) is 7.06. The van der Waals surface area contributed by atoms with Gasteiger partial charge in [0.1, 0.15) is 6.04 Å². The Morgan fingerprint density at radius 3 is 2.46 bits per heavy atom. The van der Waals surface area contributed by atoms with Crippen LogP contribution in [0.4, 0.5) is 5.69 Å². The fraction of sp³-hybridized carbons (Fsp3) is 0.462. The lowest BCUT2D eigenvalue weighted by Crippen LogP contribution is -2.46. The standard InChI is InChI=1S/C26H35N3O7S/c1-18(2)16-29(37(33,34)21-10-8-20(27)9-11-21)22(26(31)32)5-3-4-14-28-25(30)13-7-19-6-12-23-24(15-19)36-17-35-23/h6,8-12,15,18,22H,3-5,7,13-14,16-17,27H2,1-2H3,(H,28,30)(H,31,32)/t22-/m0/s1. The topological polar surface area (TPSA) is 148 Å². The fourth-order valence-electron chi connectivity index (χ4n) is 4.05. The van der Waals surface area contributed by atoms with Gasteiger partial charge in [-0.1, -0.05) is 19.9 Å². The summed E-state index contributed by atoms with van der Waals surface area (Å²) in [5, 5.41) is 12.7. The highest BCUT2D eigenvalue weighted by Crippen LogP contribution is 2.32. The summed E-state index contributed by atoms with van der Waals surface area (Å²) in [6.45, 7) is 4.32. The van der Waals surface area contributed by atoms with Crippen LogP contribution in [-0.4, -0.2) is 55.6 Å². The monoisotopic (exact) mass is 533 g/mol. The number of carbonyl (C=O) groups excluding carboxylic acids is 1. The average molecular weight is 534 g/mol. The van der Waals surface area contributed by atoms with Gasteiger partial charge in [0.2, 0.25) is 22.7 Å². The summed E-state index contributed by atoms with van der Waals surface area (Å²) in [6, 6.07) is 10.1. The minimum Gasteiger partial charge on any atom is -0.480 e. The number of hydrogen-bond donors (Lipinski definition) is 3. The summed E-state index contributed by atoms with van der Waals surface area (Å²) in [7, 11) is -4.04. The van der Waals surface area contributed by atoms with E-state index in [0.29, 0.717) is 49.4 Å². The average Bonchev–Trinajstić information content (AvgIpc) is 3.31. The van der Waals surface area contributed by atoms with Gasteiger partial charge in [0.25, 0.3) is 0 Å². The molecule has 3 rings (SSSR count). The highest BCUT2D eigenvalue weighted by molar-refractivity contribution is 7.89. The molecule has 0 spiro atoms. The van der Waals surface area contributed by atoms with Crippen LogP contribution in [0.25, 0.3) is 0 Å². The van der Waals surface area contributed by atoms with E-state index in [1.165, 1.54) is 24.3 Å². The van der Waals surface area contributed by atoms with Crippen molar-refractivity contribution >= 4 is 27.6 Å². The van der Waals surface area contributed by atoms with E-state index in [2.05, 4.69) is 5.32 Å². The van der Waals surface area contributed by atoms with Crippen LogP contribution in [0.15, 0.2) is 47.4 Å². The van der Waals surface area contributed by atoms with Gasteiger partial charge in [0.15, 0.2) is 11.5 Å². The van der Waals surface area contributed by atoms with Crippen molar-refractivity contribution in [1.82, 2.24) is 9.62 Å². The van der Waals surface area contributed by atoms with E-state index in [0.717, 1.165) is 9.87 Å². The molecule has 0 saturated carbocycles. The molecule has 1 aliphatic rings. The number of hydrogen-bond acceptors (Lipinski definition) is 7. The van der Waals surface area contributed by atoms with Crippen LogP contribution in [0.2, 0.25) is 0 Å². The Kier molecular flexibility index (Phi) is 9.76. The first-order chi connectivity index (χ1) is 17.6. The van der Waals surface area contributed by atoms with E-state index >= 15 is 0 Å².